The van der Waals surface area contributed by atoms with Gasteiger partial charge < -0.3 is 14.8 Å². The Bertz CT molecular complexity index is 852. The molecule has 1 fully saturated rings. The van der Waals surface area contributed by atoms with Gasteiger partial charge in [-0.15, -0.1) is 0 Å². The minimum Gasteiger partial charge on any atom is -0.497 e. The number of hydrogen-bond donors (Lipinski definition) is 2. The van der Waals surface area contributed by atoms with Gasteiger partial charge in [-0.2, -0.15) is 0 Å². The van der Waals surface area contributed by atoms with Gasteiger partial charge in [0.05, 0.1) is 19.9 Å². The molecule has 2 amide bonds. The smallest absolute Gasteiger partial charge is 0.247 e. The van der Waals surface area contributed by atoms with Crippen molar-refractivity contribution in [2.24, 2.45) is 0 Å². The van der Waals surface area contributed by atoms with E-state index in [4.69, 9.17) is 14.9 Å². The van der Waals surface area contributed by atoms with Crippen LogP contribution in [0.25, 0.3) is 0 Å². The number of carbonyl (C=O) groups is 2. The van der Waals surface area contributed by atoms with Crippen molar-refractivity contribution in [3.05, 3.63) is 48.5 Å². The number of amides is 2. The molecule has 1 atom stereocenters. The Morgan fingerprint density at radius 1 is 1.07 bits per heavy atom. The van der Waals surface area contributed by atoms with Crippen LogP contribution in [0.5, 0.6) is 11.5 Å². The average Bonchev–Trinajstić information content (AvgIpc) is 2.95. The molecule has 2 N–H and O–H groups in total. The van der Waals surface area contributed by atoms with Crippen LogP contribution in [0.1, 0.15) is 6.42 Å². The number of methoxy groups -OCH3 is 2. The van der Waals surface area contributed by atoms with Gasteiger partial charge >= 0.3 is 0 Å². The molecule has 1 aliphatic heterocycles. The normalized spacial score (nSPS) is 16.4. The standard InChI is InChI=1S/C19H19N3O4S/c1-25-14-7-3-12(4-8-14)21-17(23)11-16-18(24)22(19(20)27-16)13-5-9-15(26-2)10-6-13/h3-10,16,20H,11H2,1-2H3,(H,21,23). The fourth-order valence-corrected chi connectivity index (χ4v) is 3.65. The van der Waals surface area contributed by atoms with Crippen LogP contribution in [0.4, 0.5) is 11.4 Å². The van der Waals surface area contributed by atoms with Crippen molar-refractivity contribution in [1.82, 2.24) is 0 Å². The molecule has 8 heteroatoms. The lowest BCUT2D eigenvalue weighted by molar-refractivity contribution is -0.121. The molecule has 1 saturated heterocycles. The van der Waals surface area contributed by atoms with E-state index in [1.54, 1.807) is 62.8 Å². The summed E-state index contributed by atoms with van der Waals surface area (Å²) in [6, 6.07) is 13.8. The maximum absolute atomic E-state index is 12.7. The largest absolute Gasteiger partial charge is 0.497 e. The Kier molecular flexibility index (Phi) is 5.66. The van der Waals surface area contributed by atoms with E-state index in [9.17, 15) is 9.59 Å². The molecule has 1 aliphatic rings. The predicted octanol–water partition coefficient (Wildman–Crippen LogP) is 3.12. The van der Waals surface area contributed by atoms with E-state index in [-0.39, 0.29) is 23.4 Å². The zero-order valence-corrected chi connectivity index (χ0v) is 15.7. The van der Waals surface area contributed by atoms with Gasteiger partial charge in [-0.25, -0.2) is 0 Å². The van der Waals surface area contributed by atoms with Crippen molar-refractivity contribution in [1.29, 1.82) is 5.41 Å². The van der Waals surface area contributed by atoms with E-state index < -0.39 is 5.25 Å². The van der Waals surface area contributed by atoms with Crippen LogP contribution < -0.4 is 19.7 Å². The monoisotopic (exact) mass is 385 g/mol. The van der Waals surface area contributed by atoms with Crippen molar-refractivity contribution in [3.63, 3.8) is 0 Å². The van der Waals surface area contributed by atoms with Gasteiger partial charge in [-0.05, 0) is 48.5 Å². The highest BCUT2D eigenvalue weighted by molar-refractivity contribution is 8.16. The number of carbonyl (C=O) groups excluding carboxylic acids is 2. The summed E-state index contributed by atoms with van der Waals surface area (Å²) in [5.74, 6) is 0.800. The molecule has 2 aromatic rings. The summed E-state index contributed by atoms with van der Waals surface area (Å²) >= 11 is 1.08. The fourth-order valence-electron chi connectivity index (χ4n) is 2.64. The Balaban J connectivity index is 1.64. The molecule has 7 nitrogen and oxygen atoms in total. The summed E-state index contributed by atoms with van der Waals surface area (Å²) in [5, 5.41) is 10.3. The summed E-state index contributed by atoms with van der Waals surface area (Å²) in [6.07, 6.45) is -0.00936. The molecular weight excluding hydrogens is 366 g/mol. The highest BCUT2D eigenvalue weighted by Gasteiger charge is 2.39. The highest BCUT2D eigenvalue weighted by Crippen LogP contribution is 2.33. The number of nitrogens with zero attached hydrogens (tertiary/aromatic N) is 1. The first-order valence-electron chi connectivity index (χ1n) is 8.19. The number of nitrogens with one attached hydrogen (secondary N) is 2. The van der Waals surface area contributed by atoms with Crippen LogP contribution in [0.3, 0.4) is 0 Å². The number of amidine groups is 1. The molecule has 0 radical (unpaired) electrons. The van der Waals surface area contributed by atoms with Crippen LogP contribution in [0.15, 0.2) is 48.5 Å². The maximum Gasteiger partial charge on any atom is 0.247 e. The minimum atomic E-state index is -0.627. The van der Waals surface area contributed by atoms with Crippen LogP contribution in [0, 0.1) is 5.41 Å². The van der Waals surface area contributed by atoms with Gasteiger partial charge in [-0.3, -0.25) is 19.9 Å². The third-order valence-electron chi connectivity index (χ3n) is 4.03. The molecule has 0 saturated carbocycles. The molecule has 3 rings (SSSR count). The highest BCUT2D eigenvalue weighted by atomic mass is 32.2. The van der Waals surface area contributed by atoms with Crippen LogP contribution in [-0.2, 0) is 9.59 Å². The summed E-state index contributed by atoms with van der Waals surface area (Å²) in [7, 11) is 3.13. The van der Waals surface area contributed by atoms with E-state index in [1.807, 2.05) is 0 Å². The number of rotatable bonds is 6. The first-order valence-corrected chi connectivity index (χ1v) is 9.07. The zero-order chi connectivity index (χ0) is 19.4. The number of benzene rings is 2. The first-order chi connectivity index (χ1) is 13.0. The van der Waals surface area contributed by atoms with Crippen molar-refractivity contribution < 1.29 is 19.1 Å². The molecular formula is C19H19N3O4S. The molecule has 140 valence electrons. The third kappa shape index (κ3) is 4.22. The van der Waals surface area contributed by atoms with Gasteiger partial charge in [0.1, 0.15) is 16.7 Å². The number of anilines is 2. The number of hydrogen-bond acceptors (Lipinski definition) is 6. The van der Waals surface area contributed by atoms with Crippen molar-refractivity contribution >= 4 is 40.1 Å². The second-order valence-corrected chi connectivity index (χ2v) is 6.96. The van der Waals surface area contributed by atoms with E-state index in [1.165, 1.54) is 4.90 Å². The van der Waals surface area contributed by atoms with Gasteiger partial charge in [0.25, 0.3) is 0 Å². The molecule has 0 aliphatic carbocycles. The third-order valence-corrected chi connectivity index (χ3v) is 5.09. The molecule has 2 aromatic carbocycles. The van der Waals surface area contributed by atoms with Crippen molar-refractivity contribution in [3.8, 4) is 11.5 Å². The van der Waals surface area contributed by atoms with Crippen LogP contribution in [0.2, 0.25) is 0 Å². The van der Waals surface area contributed by atoms with Crippen LogP contribution in [-0.4, -0.2) is 36.5 Å². The Morgan fingerprint density at radius 3 is 2.19 bits per heavy atom. The second-order valence-electron chi connectivity index (χ2n) is 5.76. The molecule has 0 spiro atoms. The van der Waals surface area contributed by atoms with Crippen molar-refractivity contribution in [2.45, 2.75) is 11.7 Å². The van der Waals surface area contributed by atoms with E-state index in [2.05, 4.69) is 5.32 Å². The van der Waals surface area contributed by atoms with Gasteiger partial charge in [0, 0.05) is 12.1 Å². The zero-order valence-electron chi connectivity index (χ0n) is 14.9. The minimum absolute atomic E-state index is 0.00936. The quantitative estimate of drug-likeness (QED) is 0.797. The lowest BCUT2D eigenvalue weighted by Gasteiger charge is -2.16. The van der Waals surface area contributed by atoms with Gasteiger partial charge in [-0.1, -0.05) is 11.8 Å². The van der Waals surface area contributed by atoms with Crippen molar-refractivity contribution in [2.75, 3.05) is 24.4 Å². The van der Waals surface area contributed by atoms with Gasteiger partial charge in [0.2, 0.25) is 11.8 Å². The van der Waals surface area contributed by atoms with Gasteiger partial charge in [0.15, 0.2) is 5.17 Å². The summed E-state index contributed by atoms with van der Waals surface area (Å²) in [5.41, 5.74) is 1.20. The van der Waals surface area contributed by atoms with E-state index >= 15 is 0 Å². The maximum atomic E-state index is 12.7. The lowest BCUT2D eigenvalue weighted by atomic mass is 10.2. The predicted molar refractivity (Wildman–Crippen MR) is 106 cm³/mol. The average molecular weight is 385 g/mol. The molecule has 1 heterocycles. The summed E-state index contributed by atoms with van der Waals surface area (Å²) in [4.78, 5) is 26.3. The summed E-state index contributed by atoms with van der Waals surface area (Å²) < 4.78 is 10.2. The second kappa shape index (κ2) is 8.13. The van der Waals surface area contributed by atoms with E-state index in [0.717, 1.165) is 11.8 Å². The number of ether oxygens (including phenoxy) is 2. The molecule has 27 heavy (non-hydrogen) atoms. The SMILES string of the molecule is COc1ccc(NC(=O)CC2SC(=N)N(c3ccc(OC)cc3)C2=O)cc1. The van der Waals surface area contributed by atoms with E-state index in [0.29, 0.717) is 22.9 Å². The summed E-state index contributed by atoms with van der Waals surface area (Å²) in [6.45, 7) is 0. The Hall–Kier alpha value is -3.00. The Labute approximate surface area is 161 Å². The number of thioether (sulfide) groups is 1. The first kappa shape index (κ1) is 18.8. The topological polar surface area (TPSA) is 91.7 Å². The molecule has 0 bridgehead atoms. The van der Waals surface area contributed by atoms with Crippen LogP contribution >= 0.6 is 11.8 Å². The molecule has 0 aromatic heterocycles. The fraction of sp³-hybridized carbons (Fsp3) is 0.211. The molecule has 1 unspecified atom stereocenters. The lowest BCUT2D eigenvalue weighted by Crippen LogP contribution is -2.33. The Morgan fingerprint density at radius 2 is 1.63 bits per heavy atom.